The molecule has 1 aliphatic rings. The standard InChI is InChI=1S/C12H13Cl2NO3/c13-10-2-1-8(5-11(10)14)18-9-3-4-15(6-9)7-12(16)17/h1-2,5,9H,3-4,6-7H2,(H,16,17). The summed E-state index contributed by atoms with van der Waals surface area (Å²) in [6.45, 7) is 1.41. The van der Waals surface area contributed by atoms with Crippen LogP contribution in [0.3, 0.4) is 0 Å². The van der Waals surface area contributed by atoms with Crippen molar-refractivity contribution in [3.8, 4) is 5.75 Å². The van der Waals surface area contributed by atoms with Gasteiger partial charge in [-0.3, -0.25) is 9.69 Å². The average molecular weight is 290 g/mol. The van der Waals surface area contributed by atoms with Crippen LogP contribution >= 0.6 is 23.2 Å². The summed E-state index contributed by atoms with van der Waals surface area (Å²) in [5, 5.41) is 9.64. The van der Waals surface area contributed by atoms with Gasteiger partial charge in [-0.25, -0.2) is 0 Å². The topological polar surface area (TPSA) is 49.8 Å². The Morgan fingerprint density at radius 2 is 2.22 bits per heavy atom. The lowest BCUT2D eigenvalue weighted by Crippen LogP contribution is -2.29. The predicted octanol–water partition coefficient (Wildman–Crippen LogP) is 2.53. The monoisotopic (exact) mass is 289 g/mol. The number of carboxylic acids is 1. The molecule has 6 heteroatoms. The molecule has 1 aromatic rings. The number of ether oxygens (including phenoxy) is 1. The second kappa shape index (κ2) is 5.78. The van der Waals surface area contributed by atoms with Gasteiger partial charge in [0, 0.05) is 19.2 Å². The molecular weight excluding hydrogens is 277 g/mol. The molecule has 0 amide bonds. The molecule has 0 aromatic heterocycles. The third kappa shape index (κ3) is 3.51. The molecule has 0 radical (unpaired) electrons. The zero-order chi connectivity index (χ0) is 13.1. The Morgan fingerprint density at radius 1 is 1.44 bits per heavy atom. The van der Waals surface area contributed by atoms with Crippen LogP contribution in [0.25, 0.3) is 0 Å². The molecule has 0 aliphatic carbocycles. The Morgan fingerprint density at radius 3 is 2.89 bits per heavy atom. The van der Waals surface area contributed by atoms with E-state index in [9.17, 15) is 4.79 Å². The van der Waals surface area contributed by atoms with Crippen LogP contribution < -0.4 is 4.74 Å². The maximum atomic E-state index is 10.6. The molecule has 18 heavy (non-hydrogen) atoms. The fourth-order valence-corrected chi connectivity index (χ4v) is 2.26. The normalized spacial score (nSPS) is 20.0. The number of carbonyl (C=O) groups is 1. The third-order valence-electron chi connectivity index (χ3n) is 2.78. The molecule has 0 spiro atoms. The van der Waals surface area contributed by atoms with Crippen LogP contribution in [0.2, 0.25) is 10.0 Å². The van der Waals surface area contributed by atoms with Crippen molar-refractivity contribution < 1.29 is 14.6 Å². The van der Waals surface area contributed by atoms with Crippen LogP contribution in [0.4, 0.5) is 0 Å². The number of carboxylic acid groups (broad SMARTS) is 1. The predicted molar refractivity (Wildman–Crippen MR) is 69.6 cm³/mol. The minimum absolute atomic E-state index is 0.00147. The lowest BCUT2D eigenvalue weighted by Gasteiger charge is -2.15. The summed E-state index contributed by atoms with van der Waals surface area (Å²) in [5.74, 6) is -0.156. The second-order valence-electron chi connectivity index (χ2n) is 4.23. The Kier molecular flexibility index (Phi) is 4.32. The lowest BCUT2D eigenvalue weighted by molar-refractivity contribution is -0.138. The number of hydrogen-bond donors (Lipinski definition) is 1. The SMILES string of the molecule is O=C(O)CN1CCC(Oc2ccc(Cl)c(Cl)c2)C1. The van der Waals surface area contributed by atoms with Crippen molar-refractivity contribution in [2.75, 3.05) is 19.6 Å². The number of hydrogen-bond acceptors (Lipinski definition) is 3. The third-order valence-corrected chi connectivity index (χ3v) is 3.52. The highest BCUT2D eigenvalue weighted by Gasteiger charge is 2.25. The fraction of sp³-hybridized carbons (Fsp3) is 0.417. The molecule has 1 saturated heterocycles. The van der Waals surface area contributed by atoms with Gasteiger partial charge in [0.15, 0.2) is 0 Å². The maximum absolute atomic E-state index is 10.6. The van der Waals surface area contributed by atoms with Crippen LogP contribution in [0.1, 0.15) is 6.42 Å². The van der Waals surface area contributed by atoms with Gasteiger partial charge in [-0.2, -0.15) is 0 Å². The molecule has 0 bridgehead atoms. The average Bonchev–Trinajstić information content (AvgIpc) is 2.70. The highest BCUT2D eigenvalue weighted by Crippen LogP contribution is 2.27. The first-order valence-corrected chi connectivity index (χ1v) is 6.36. The summed E-state index contributed by atoms with van der Waals surface area (Å²) in [6, 6.07) is 5.11. The molecule has 1 aromatic carbocycles. The van der Waals surface area contributed by atoms with E-state index in [0.29, 0.717) is 22.3 Å². The maximum Gasteiger partial charge on any atom is 0.317 e. The first kappa shape index (κ1) is 13.5. The fourth-order valence-electron chi connectivity index (χ4n) is 1.97. The highest BCUT2D eigenvalue weighted by molar-refractivity contribution is 6.42. The summed E-state index contributed by atoms with van der Waals surface area (Å²) in [4.78, 5) is 12.4. The minimum Gasteiger partial charge on any atom is -0.489 e. The molecule has 1 aliphatic heterocycles. The van der Waals surface area contributed by atoms with Crippen LogP contribution in [-0.4, -0.2) is 41.7 Å². The van der Waals surface area contributed by atoms with E-state index in [4.69, 9.17) is 33.0 Å². The molecular formula is C12H13Cl2NO3. The summed E-state index contributed by atoms with van der Waals surface area (Å²) >= 11 is 11.7. The quantitative estimate of drug-likeness (QED) is 0.925. The number of halogens is 2. The van der Waals surface area contributed by atoms with Gasteiger partial charge in [-0.05, 0) is 18.6 Å². The van der Waals surface area contributed by atoms with Crippen LogP contribution in [0.5, 0.6) is 5.75 Å². The smallest absolute Gasteiger partial charge is 0.317 e. The van der Waals surface area contributed by atoms with Crippen LogP contribution in [0.15, 0.2) is 18.2 Å². The van der Waals surface area contributed by atoms with Gasteiger partial charge in [-0.1, -0.05) is 23.2 Å². The van der Waals surface area contributed by atoms with E-state index in [2.05, 4.69) is 0 Å². The van der Waals surface area contributed by atoms with Crippen molar-refractivity contribution in [2.45, 2.75) is 12.5 Å². The molecule has 2 rings (SSSR count). The van der Waals surface area contributed by atoms with Crippen LogP contribution in [-0.2, 0) is 4.79 Å². The molecule has 1 unspecified atom stereocenters. The minimum atomic E-state index is -0.815. The van der Waals surface area contributed by atoms with Crippen molar-refractivity contribution in [3.63, 3.8) is 0 Å². The Balaban J connectivity index is 1.91. The Hall–Kier alpha value is -0.970. The number of rotatable bonds is 4. The van der Waals surface area contributed by atoms with Gasteiger partial charge in [0.2, 0.25) is 0 Å². The molecule has 4 nitrogen and oxygen atoms in total. The zero-order valence-electron chi connectivity index (χ0n) is 9.60. The van der Waals surface area contributed by atoms with Gasteiger partial charge in [0.1, 0.15) is 11.9 Å². The molecule has 1 N–H and O–H groups in total. The van der Waals surface area contributed by atoms with E-state index in [-0.39, 0.29) is 12.6 Å². The molecule has 98 valence electrons. The Labute approximate surface area is 115 Å². The molecule has 1 fully saturated rings. The zero-order valence-corrected chi connectivity index (χ0v) is 11.1. The van der Waals surface area contributed by atoms with E-state index in [1.165, 1.54) is 0 Å². The van der Waals surface area contributed by atoms with Gasteiger partial charge < -0.3 is 9.84 Å². The number of benzene rings is 1. The first-order valence-electron chi connectivity index (χ1n) is 5.60. The lowest BCUT2D eigenvalue weighted by atomic mass is 10.3. The second-order valence-corrected chi connectivity index (χ2v) is 5.05. The highest BCUT2D eigenvalue weighted by atomic mass is 35.5. The van der Waals surface area contributed by atoms with E-state index >= 15 is 0 Å². The van der Waals surface area contributed by atoms with Gasteiger partial charge in [-0.15, -0.1) is 0 Å². The van der Waals surface area contributed by atoms with Crippen molar-refractivity contribution in [1.29, 1.82) is 0 Å². The van der Waals surface area contributed by atoms with E-state index < -0.39 is 5.97 Å². The van der Waals surface area contributed by atoms with Gasteiger partial charge in [0.05, 0.1) is 16.6 Å². The first-order chi connectivity index (χ1) is 8.54. The summed E-state index contributed by atoms with van der Waals surface area (Å²) in [6.07, 6.45) is 0.814. The van der Waals surface area contributed by atoms with E-state index in [0.717, 1.165) is 13.0 Å². The van der Waals surface area contributed by atoms with Crippen molar-refractivity contribution in [1.82, 2.24) is 4.90 Å². The molecule has 0 saturated carbocycles. The number of aliphatic carboxylic acids is 1. The number of likely N-dealkylation sites (tertiary alicyclic amines) is 1. The van der Waals surface area contributed by atoms with Crippen LogP contribution in [0, 0.1) is 0 Å². The van der Waals surface area contributed by atoms with Crippen molar-refractivity contribution in [2.24, 2.45) is 0 Å². The molecule has 1 atom stereocenters. The Bertz CT molecular complexity index is 453. The van der Waals surface area contributed by atoms with E-state index in [1.54, 1.807) is 18.2 Å². The summed E-state index contributed by atoms with van der Waals surface area (Å²) in [5.41, 5.74) is 0. The van der Waals surface area contributed by atoms with Gasteiger partial charge in [0.25, 0.3) is 0 Å². The van der Waals surface area contributed by atoms with E-state index in [1.807, 2.05) is 4.90 Å². The largest absolute Gasteiger partial charge is 0.489 e. The summed E-state index contributed by atoms with van der Waals surface area (Å²) < 4.78 is 5.75. The van der Waals surface area contributed by atoms with Crippen molar-refractivity contribution >= 4 is 29.2 Å². The van der Waals surface area contributed by atoms with Crippen molar-refractivity contribution in [3.05, 3.63) is 28.2 Å². The van der Waals surface area contributed by atoms with Gasteiger partial charge >= 0.3 is 5.97 Å². The number of nitrogens with zero attached hydrogens (tertiary/aromatic N) is 1. The summed E-state index contributed by atoms with van der Waals surface area (Å²) in [7, 11) is 0. The molecule has 1 heterocycles.